The van der Waals surface area contributed by atoms with E-state index >= 15 is 0 Å². The van der Waals surface area contributed by atoms with Crippen molar-refractivity contribution in [3.63, 3.8) is 0 Å². The molecule has 0 saturated heterocycles. The summed E-state index contributed by atoms with van der Waals surface area (Å²) in [5.41, 5.74) is 6.85. The highest BCUT2D eigenvalue weighted by Crippen LogP contribution is 2.20. The van der Waals surface area contributed by atoms with Gasteiger partial charge in [0.15, 0.2) is 5.78 Å². The zero-order chi connectivity index (χ0) is 17.6. The van der Waals surface area contributed by atoms with Gasteiger partial charge in [-0.1, -0.05) is 29.8 Å². The van der Waals surface area contributed by atoms with Crippen LogP contribution < -0.4 is 5.73 Å². The molecular formula is C17H19NO5. The lowest BCUT2D eigenvalue weighted by molar-refractivity contribution is -0.138. The second-order valence-corrected chi connectivity index (χ2v) is 4.83. The van der Waals surface area contributed by atoms with Crippen LogP contribution in [0.5, 0.6) is 0 Å². The highest BCUT2D eigenvalue weighted by Gasteiger charge is 2.25. The summed E-state index contributed by atoms with van der Waals surface area (Å²) in [6.45, 7) is 3.35. The highest BCUT2D eigenvalue weighted by molar-refractivity contribution is 6.19. The first-order valence-electron chi connectivity index (χ1n) is 6.77. The van der Waals surface area contributed by atoms with Crippen LogP contribution in [-0.4, -0.2) is 31.9 Å². The van der Waals surface area contributed by atoms with E-state index in [9.17, 15) is 14.4 Å². The Morgan fingerprint density at radius 2 is 1.61 bits per heavy atom. The van der Waals surface area contributed by atoms with E-state index in [1.54, 1.807) is 24.3 Å². The second-order valence-electron chi connectivity index (χ2n) is 4.83. The number of nitrogens with two attached hydrogens (primary N) is 1. The first-order valence-corrected chi connectivity index (χ1v) is 6.77. The maximum absolute atomic E-state index is 12.7. The summed E-state index contributed by atoms with van der Waals surface area (Å²) < 4.78 is 9.15. The van der Waals surface area contributed by atoms with Crippen molar-refractivity contribution in [3.05, 3.63) is 58.3 Å². The molecule has 6 heteroatoms. The predicted octanol–water partition coefficient (Wildman–Crippen LogP) is 1.68. The van der Waals surface area contributed by atoms with Crippen molar-refractivity contribution in [2.75, 3.05) is 14.2 Å². The molecule has 2 N–H and O–H groups in total. The fraction of sp³-hybridized carbons (Fsp3) is 0.235. The molecule has 1 aromatic carbocycles. The molecule has 0 aliphatic heterocycles. The zero-order valence-corrected chi connectivity index (χ0v) is 13.5. The SMILES string of the molecule is COC(=O)/C=C(C(=O)OC)\C(C(=O)c1ccc(C)cc1)=C(/C)N. The van der Waals surface area contributed by atoms with E-state index in [0.29, 0.717) is 5.56 Å². The molecule has 1 aromatic rings. The number of allylic oxidation sites excluding steroid dienone is 1. The Balaban J connectivity index is 3.43. The van der Waals surface area contributed by atoms with Gasteiger partial charge >= 0.3 is 11.9 Å². The van der Waals surface area contributed by atoms with Crippen LogP contribution >= 0.6 is 0 Å². The molecule has 0 aromatic heterocycles. The van der Waals surface area contributed by atoms with Crippen LogP contribution in [0, 0.1) is 6.92 Å². The predicted molar refractivity (Wildman–Crippen MR) is 84.5 cm³/mol. The van der Waals surface area contributed by atoms with Gasteiger partial charge in [0.2, 0.25) is 0 Å². The standard InChI is InChI=1S/C17H19NO5/c1-10-5-7-12(8-6-10)16(20)15(11(2)18)13(17(21)23-4)9-14(19)22-3/h5-9H,18H2,1-4H3/b13-9+,15-11-. The zero-order valence-electron chi connectivity index (χ0n) is 13.5. The Bertz CT molecular complexity index is 679. The number of aryl methyl sites for hydroxylation is 1. The van der Waals surface area contributed by atoms with Crippen molar-refractivity contribution in [1.29, 1.82) is 0 Å². The van der Waals surface area contributed by atoms with Gasteiger partial charge in [0, 0.05) is 17.3 Å². The molecule has 0 bridgehead atoms. The topological polar surface area (TPSA) is 95.7 Å². The van der Waals surface area contributed by atoms with Gasteiger partial charge in [-0.25, -0.2) is 9.59 Å². The fourth-order valence-corrected chi connectivity index (χ4v) is 1.88. The number of methoxy groups -OCH3 is 2. The van der Waals surface area contributed by atoms with E-state index < -0.39 is 17.7 Å². The Labute approximate surface area is 134 Å². The number of hydrogen-bond donors (Lipinski definition) is 1. The number of esters is 2. The van der Waals surface area contributed by atoms with Crippen LogP contribution in [0.15, 0.2) is 47.2 Å². The highest BCUT2D eigenvalue weighted by atomic mass is 16.5. The van der Waals surface area contributed by atoms with Crippen molar-refractivity contribution < 1.29 is 23.9 Å². The normalized spacial score (nSPS) is 12.3. The number of ether oxygens (including phenoxy) is 2. The minimum Gasteiger partial charge on any atom is -0.466 e. The molecule has 0 unspecified atom stereocenters. The third-order valence-electron chi connectivity index (χ3n) is 3.07. The molecule has 0 radical (unpaired) electrons. The van der Waals surface area contributed by atoms with Crippen LogP contribution in [0.2, 0.25) is 0 Å². The molecule has 0 atom stereocenters. The molecule has 0 aliphatic carbocycles. The average Bonchev–Trinajstić information content (AvgIpc) is 2.53. The molecule has 23 heavy (non-hydrogen) atoms. The van der Waals surface area contributed by atoms with Crippen molar-refractivity contribution in [1.82, 2.24) is 0 Å². The molecule has 0 amide bonds. The Hall–Kier alpha value is -2.89. The van der Waals surface area contributed by atoms with Crippen LogP contribution in [0.25, 0.3) is 0 Å². The van der Waals surface area contributed by atoms with E-state index in [1.165, 1.54) is 6.92 Å². The lowest BCUT2D eigenvalue weighted by Gasteiger charge is -2.12. The number of hydrogen-bond acceptors (Lipinski definition) is 6. The minimum absolute atomic E-state index is 0.0916. The number of carbonyl (C=O) groups excluding carboxylic acids is 3. The number of Topliss-reactive ketones (excluding diaryl/α,β-unsaturated/α-hetero) is 1. The number of rotatable bonds is 5. The second kappa shape index (κ2) is 7.93. The van der Waals surface area contributed by atoms with Crippen LogP contribution in [0.1, 0.15) is 22.8 Å². The summed E-state index contributed by atoms with van der Waals surface area (Å²) in [6, 6.07) is 6.76. The Morgan fingerprint density at radius 1 is 1.04 bits per heavy atom. The number of carbonyl (C=O) groups is 3. The van der Waals surface area contributed by atoms with Crippen molar-refractivity contribution >= 4 is 17.7 Å². The van der Waals surface area contributed by atoms with E-state index in [2.05, 4.69) is 9.47 Å². The third-order valence-corrected chi connectivity index (χ3v) is 3.07. The number of ketones is 1. The molecule has 1 rings (SSSR count). The number of benzene rings is 1. The lowest BCUT2D eigenvalue weighted by atomic mass is 9.94. The summed E-state index contributed by atoms with van der Waals surface area (Å²) in [4.78, 5) is 36.1. The summed E-state index contributed by atoms with van der Waals surface area (Å²) in [6.07, 6.45) is 0.892. The van der Waals surface area contributed by atoms with Gasteiger partial charge in [-0.2, -0.15) is 0 Å². The van der Waals surface area contributed by atoms with Gasteiger partial charge in [-0.3, -0.25) is 4.79 Å². The maximum Gasteiger partial charge on any atom is 0.338 e. The van der Waals surface area contributed by atoms with E-state index in [-0.39, 0.29) is 16.8 Å². The molecular weight excluding hydrogens is 298 g/mol. The Kier molecular flexibility index (Phi) is 6.26. The van der Waals surface area contributed by atoms with E-state index in [1.807, 2.05) is 6.92 Å². The molecule has 122 valence electrons. The maximum atomic E-state index is 12.7. The van der Waals surface area contributed by atoms with Gasteiger partial charge in [0.25, 0.3) is 0 Å². The van der Waals surface area contributed by atoms with Crippen LogP contribution in [0.4, 0.5) is 0 Å². The quantitative estimate of drug-likeness (QED) is 0.384. The molecule has 0 heterocycles. The summed E-state index contributed by atoms with van der Waals surface area (Å²) in [7, 11) is 2.31. The molecule has 0 spiro atoms. The summed E-state index contributed by atoms with van der Waals surface area (Å²) in [5, 5.41) is 0. The first-order chi connectivity index (χ1) is 10.8. The lowest BCUT2D eigenvalue weighted by Crippen LogP contribution is -2.19. The fourth-order valence-electron chi connectivity index (χ4n) is 1.88. The molecule has 0 aliphatic rings. The molecule has 6 nitrogen and oxygen atoms in total. The van der Waals surface area contributed by atoms with Crippen LogP contribution in [0.3, 0.4) is 0 Å². The third kappa shape index (κ3) is 4.54. The van der Waals surface area contributed by atoms with Crippen LogP contribution in [-0.2, 0) is 19.1 Å². The van der Waals surface area contributed by atoms with Gasteiger partial charge in [-0.05, 0) is 13.8 Å². The average molecular weight is 317 g/mol. The van der Waals surface area contributed by atoms with Crippen molar-refractivity contribution in [3.8, 4) is 0 Å². The molecule has 0 saturated carbocycles. The largest absolute Gasteiger partial charge is 0.466 e. The first kappa shape index (κ1) is 18.2. The summed E-state index contributed by atoms with van der Waals surface area (Å²) in [5.74, 6) is -2.12. The van der Waals surface area contributed by atoms with Gasteiger partial charge in [0.05, 0.1) is 25.4 Å². The smallest absolute Gasteiger partial charge is 0.338 e. The minimum atomic E-state index is -0.851. The van der Waals surface area contributed by atoms with E-state index in [0.717, 1.165) is 25.9 Å². The Morgan fingerprint density at radius 3 is 2.04 bits per heavy atom. The van der Waals surface area contributed by atoms with Gasteiger partial charge in [-0.15, -0.1) is 0 Å². The van der Waals surface area contributed by atoms with Crippen molar-refractivity contribution in [2.45, 2.75) is 13.8 Å². The molecule has 0 fully saturated rings. The summed E-state index contributed by atoms with van der Waals surface area (Å²) >= 11 is 0. The van der Waals surface area contributed by atoms with Crippen molar-refractivity contribution in [2.24, 2.45) is 5.73 Å². The monoisotopic (exact) mass is 317 g/mol. The van der Waals surface area contributed by atoms with E-state index in [4.69, 9.17) is 5.73 Å². The van der Waals surface area contributed by atoms with Gasteiger partial charge < -0.3 is 15.2 Å². The van der Waals surface area contributed by atoms with Gasteiger partial charge in [0.1, 0.15) is 0 Å².